The zero-order valence-electron chi connectivity index (χ0n) is 15.0. The lowest BCUT2D eigenvalue weighted by atomic mass is 10.0. The molecule has 5 heteroatoms. The number of carbonyl (C=O) groups excluding carboxylic acids is 1. The fourth-order valence-corrected chi connectivity index (χ4v) is 3.19. The second-order valence-electron chi connectivity index (χ2n) is 6.88. The number of carbonyl (C=O) groups is 1. The van der Waals surface area contributed by atoms with E-state index in [0.717, 1.165) is 38.4 Å². The van der Waals surface area contributed by atoms with E-state index in [4.69, 9.17) is 9.47 Å². The molecule has 1 heterocycles. The lowest BCUT2D eigenvalue weighted by molar-refractivity contribution is 0.0704. The molecule has 0 aromatic heterocycles. The van der Waals surface area contributed by atoms with Crippen molar-refractivity contribution in [2.75, 3.05) is 33.4 Å². The number of piperidine rings is 1. The summed E-state index contributed by atoms with van der Waals surface area (Å²) in [4.78, 5) is 14.7. The fraction of sp³-hybridized carbons (Fsp3) is 0.550. The molecule has 0 atom stereocenters. The van der Waals surface area contributed by atoms with Crippen LogP contribution in [0.2, 0.25) is 0 Å². The molecule has 1 saturated heterocycles. The van der Waals surface area contributed by atoms with Crippen molar-refractivity contribution in [2.24, 2.45) is 5.92 Å². The molecule has 2 aliphatic rings. The summed E-state index contributed by atoms with van der Waals surface area (Å²) in [5, 5.41) is 3.65. The third-order valence-electron chi connectivity index (χ3n) is 4.94. The van der Waals surface area contributed by atoms with Gasteiger partial charge in [0.05, 0.1) is 7.11 Å². The summed E-state index contributed by atoms with van der Waals surface area (Å²) < 4.78 is 10.9. The number of hydrogen-bond acceptors (Lipinski definition) is 4. The molecule has 1 aliphatic carbocycles. The van der Waals surface area contributed by atoms with Crippen molar-refractivity contribution in [2.45, 2.75) is 31.7 Å². The Labute approximate surface area is 150 Å². The van der Waals surface area contributed by atoms with Gasteiger partial charge in [-0.1, -0.05) is 12.7 Å². The minimum absolute atomic E-state index is 0.0641. The summed E-state index contributed by atoms with van der Waals surface area (Å²) in [6.07, 6.45) is 6.48. The van der Waals surface area contributed by atoms with E-state index < -0.39 is 0 Å². The predicted octanol–water partition coefficient (Wildman–Crippen LogP) is 2.86. The van der Waals surface area contributed by atoms with Crippen LogP contribution in [-0.2, 0) is 0 Å². The highest BCUT2D eigenvalue weighted by atomic mass is 16.5. The van der Waals surface area contributed by atoms with Gasteiger partial charge in [0.25, 0.3) is 5.91 Å². The van der Waals surface area contributed by atoms with Gasteiger partial charge in [0.1, 0.15) is 6.61 Å². The molecule has 0 unspecified atom stereocenters. The molecule has 0 radical (unpaired) electrons. The van der Waals surface area contributed by atoms with E-state index in [1.807, 2.05) is 4.90 Å². The van der Waals surface area contributed by atoms with Gasteiger partial charge in [-0.3, -0.25) is 4.79 Å². The van der Waals surface area contributed by atoms with E-state index in [9.17, 15) is 4.79 Å². The molecule has 1 aromatic rings. The molecule has 1 aromatic carbocycles. The lowest BCUT2D eigenvalue weighted by Gasteiger charge is -2.32. The van der Waals surface area contributed by atoms with Gasteiger partial charge in [-0.2, -0.15) is 0 Å². The standard InChI is InChI=1S/C20H28N2O3/c1-3-12-25-18-7-6-16(13-19(18)24-2)20(23)22-10-8-17(9-11-22)21-14-15-4-5-15/h3,6-7,13,15,17,21H,1,4-5,8-12,14H2,2H3. The first-order valence-corrected chi connectivity index (χ1v) is 9.15. The highest BCUT2D eigenvalue weighted by molar-refractivity contribution is 5.95. The Hall–Kier alpha value is -2.01. The fourth-order valence-electron chi connectivity index (χ4n) is 3.19. The first-order valence-electron chi connectivity index (χ1n) is 9.15. The van der Waals surface area contributed by atoms with Crippen molar-refractivity contribution in [1.29, 1.82) is 0 Å². The Balaban J connectivity index is 1.56. The topological polar surface area (TPSA) is 50.8 Å². The summed E-state index contributed by atoms with van der Waals surface area (Å²) >= 11 is 0. The van der Waals surface area contributed by atoms with Crippen molar-refractivity contribution in [3.8, 4) is 11.5 Å². The van der Waals surface area contributed by atoms with Gasteiger partial charge < -0.3 is 19.7 Å². The van der Waals surface area contributed by atoms with Crippen LogP contribution in [-0.4, -0.2) is 50.2 Å². The normalized spacial score (nSPS) is 18.0. The molecule has 1 N–H and O–H groups in total. The maximum Gasteiger partial charge on any atom is 0.253 e. The van der Waals surface area contributed by atoms with Gasteiger partial charge in [-0.15, -0.1) is 0 Å². The van der Waals surface area contributed by atoms with Crippen molar-refractivity contribution in [3.05, 3.63) is 36.4 Å². The Kier molecular flexibility index (Phi) is 5.97. The summed E-state index contributed by atoms with van der Waals surface area (Å²) in [6, 6.07) is 5.91. The van der Waals surface area contributed by atoms with Gasteiger partial charge in [-0.25, -0.2) is 0 Å². The molecule has 5 nitrogen and oxygen atoms in total. The summed E-state index contributed by atoms with van der Waals surface area (Å²) in [5.41, 5.74) is 0.646. The van der Waals surface area contributed by atoms with Gasteiger partial charge >= 0.3 is 0 Å². The van der Waals surface area contributed by atoms with E-state index in [2.05, 4.69) is 11.9 Å². The molecule has 1 aliphatic heterocycles. The first-order chi connectivity index (χ1) is 12.2. The third kappa shape index (κ3) is 4.75. The Morgan fingerprint density at radius 2 is 2.04 bits per heavy atom. The summed E-state index contributed by atoms with van der Waals surface area (Å²) in [7, 11) is 1.58. The number of hydrogen-bond donors (Lipinski definition) is 1. The maximum absolute atomic E-state index is 12.8. The highest BCUT2D eigenvalue weighted by Crippen LogP contribution is 2.30. The van der Waals surface area contributed by atoms with Crippen LogP contribution in [0.15, 0.2) is 30.9 Å². The first kappa shape index (κ1) is 17.8. The largest absolute Gasteiger partial charge is 0.493 e. The molecular formula is C20H28N2O3. The second kappa shape index (κ2) is 8.39. The van der Waals surface area contributed by atoms with E-state index in [1.165, 1.54) is 12.8 Å². The van der Waals surface area contributed by atoms with E-state index >= 15 is 0 Å². The van der Waals surface area contributed by atoms with Crippen molar-refractivity contribution in [3.63, 3.8) is 0 Å². The van der Waals surface area contributed by atoms with E-state index in [-0.39, 0.29) is 5.91 Å². The third-order valence-corrected chi connectivity index (χ3v) is 4.94. The van der Waals surface area contributed by atoms with Gasteiger partial charge in [0.15, 0.2) is 11.5 Å². The van der Waals surface area contributed by atoms with E-state index in [1.54, 1.807) is 31.4 Å². The van der Waals surface area contributed by atoms with Gasteiger partial charge in [0.2, 0.25) is 0 Å². The number of amides is 1. The van der Waals surface area contributed by atoms with Crippen LogP contribution >= 0.6 is 0 Å². The van der Waals surface area contributed by atoms with Crippen LogP contribution in [0.1, 0.15) is 36.0 Å². The van der Waals surface area contributed by atoms with Crippen LogP contribution in [0.5, 0.6) is 11.5 Å². The zero-order chi connectivity index (χ0) is 17.6. The van der Waals surface area contributed by atoms with Crippen LogP contribution in [0.4, 0.5) is 0 Å². The average Bonchev–Trinajstić information content (AvgIpc) is 3.49. The highest BCUT2D eigenvalue weighted by Gasteiger charge is 2.26. The Bertz CT molecular complexity index is 605. The second-order valence-corrected chi connectivity index (χ2v) is 6.88. The molecule has 0 bridgehead atoms. The van der Waals surface area contributed by atoms with Crippen LogP contribution in [0.25, 0.3) is 0 Å². The number of methoxy groups -OCH3 is 1. The van der Waals surface area contributed by atoms with Crippen molar-refractivity contribution >= 4 is 5.91 Å². The van der Waals surface area contributed by atoms with Crippen molar-refractivity contribution in [1.82, 2.24) is 10.2 Å². The van der Waals surface area contributed by atoms with E-state index in [0.29, 0.717) is 29.7 Å². The summed E-state index contributed by atoms with van der Waals surface area (Å²) in [6.45, 7) is 6.79. The van der Waals surface area contributed by atoms with Crippen molar-refractivity contribution < 1.29 is 14.3 Å². The monoisotopic (exact) mass is 344 g/mol. The Morgan fingerprint density at radius 3 is 2.68 bits per heavy atom. The van der Waals surface area contributed by atoms with Crippen LogP contribution < -0.4 is 14.8 Å². The minimum Gasteiger partial charge on any atom is -0.493 e. The molecule has 3 rings (SSSR count). The number of nitrogens with zero attached hydrogens (tertiary/aromatic N) is 1. The van der Waals surface area contributed by atoms with Crippen LogP contribution in [0.3, 0.4) is 0 Å². The quantitative estimate of drug-likeness (QED) is 0.737. The van der Waals surface area contributed by atoms with Crippen LogP contribution in [0, 0.1) is 5.92 Å². The lowest BCUT2D eigenvalue weighted by Crippen LogP contribution is -2.45. The zero-order valence-corrected chi connectivity index (χ0v) is 15.0. The number of rotatable bonds is 8. The maximum atomic E-state index is 12.8. The van der Waals surface area contributed by atoms with Gasteiger partial charge in [-0.05, 0) is 56.3 Å². The molecule has 1 saturated carbocycles. The predicted molar refractivity (Wildman–Crippen MR) is 98.3 cm³/mol. The molecule has 25 heavy (non-hydrogen) atoms. The molecule has 1 amide bonds. The van der Waals surface area contributed by atoms with Gasteiger partial charge in [0, 0.05) is 24.7 Å². The Morgan fingerprint density at radius 1 is 1.28 bits per heavy atom. The molecule has 136 valence electrons. The molecular weight excluding hydrogens is 316 g/mol. The number of benzene rings is 1. The number of ether oxygens (including phenoxy) is 2. The molecule has 2 fully saturated rings. The summed E-state index contributed by atoms with van der Waals surface area (Å²) in [5.74, 6) is 2.17. The minimum atomic E-state index is 0.0641. The number of likely N-dealkylation sites (tertiary alicyclic amines) is 1. The average molecular weight is 344 g/mol. The smallest absolute Gasteiger partial charge is 0.253 e. The number of nitrogens with one attached hydrogen (secondary N) is 1. The SMILES string of the molecule is C=CCOc1ccc(C(=O)N2CCC(NCC3CC3)CC2)cc1OC. The molecule has 0 spiro atoms.